The van der Waals surface area contributed by atoms with E-state index in [9.17, 15) is 4.79 Å². The van der Waals surface area contributed by atoms with Crippen LogP contribution in [0, 0.1) is 11.8 Å². The van der Waals surface area contributed by atoms with Crippen molar-refractivity contribution >= 4 is 27.5 Å². The molecule has 1 amide bonds. The van der Waals surface area contributed by atoms with E-state index in [4.69, 9.17) is 0 Å². The third kappa shape index (κ3) is 4.34. The number of hydrogen-bond donors (Lipinski definition) is 1. The molecule has 0 aliphatic heterocycles. The molecule has 0 saturated heterocycles. The van der Waals surface area contributed by atoms with Gasteiger partial charge in [0.15, 0.2) is 0 Å². The van der Waals surface area contributed by atoms with Gasteiger partial charge in [-0.2, -0.15) is 0 Å². The molecular formula is C17H16BrN3O. The quantitative estimate of drug-likeness (QED) is 0.859. The minimum absolute atomic E-state index is 0.191. The Hall–Kier alpha value is -2.32. The normalized spacial score (nSPS) is 9.59. The smallest absolute Gasteiger partial charge is 0.253 e. The number of aromatic nitrogens is 1. The van der Waals surface area contributed by atoms with Gasteiger partial charge in [0.1, 0.15) is 0 Å². The molecule has 0 aliphatic rings. The van der Waals surface area contributed by atoms with Gasteiger partial charge in [-0.05, 0) is 34.1 Å². The maximum absolute atomic E-state index is 11.9. The lowest BCUT2D eigenvalue weighted by molar-refractivity contribution is 0.0958. The van der Waals surface area contributed by atoms with Gasteiger partial charge in [-0.25, -0.2) is 0 Å². The molecular weight excluding hydrogens is 342 g/mol. The molecule has 4 nitrogen and oxygen atoms in total. The Morgan fingerprint density at radius 3 is 2.82 bits per heavy atom. The average molecular weight is 358 g/mol. The lowest BCUT2D eigenvalue weighted by Gasteiger charge is -2.13. The van der Waals surface area contributed by atoms with E-state index in [2.05, 4.69) is 38.1 Å². The van der Waals surface area contributed by atoms with Crippen LogP contribution < -0.4 is 10.2 Å². The SMILES string of the molecule is CN(C)c1ccccc1C#CCNC(=O)c1cncc(Br)c1. The van der Waals surface area contributed by atoms with Gasteiger partial charge in [-0.1, -0.05) is 24.0 Å². The summed E-state index contributed by atoms with van der Waals surface area (Å²) in [6.45, 7) is 0.285. The maximum atomic E-state index is 11.9. The van der Waals surface area contributed by atoms with E-state index < -0.39 is 0 Å². The Bertz CT molecular complexity index is 732. The molecule has 1 aromatic heterocycles. The molecule has 1 heterocycles. The zero-order valence-corrected chi connectivity index (χ0v) is 14.0. The second kappa shape index (κ2) is 7.62. The largest absolute Gasteiger partial charge is 0.377 e. The molecule has 0 saturated carbocycles. The van der Waals surface area contributed by atoms with Crippen molar-refractivity contribution in [2.45, 2.75) is 0 Å². The highest BCUT2D eigenvalue weighted by Crippen LogP contribution is 2.16. The lowest BCUT2D eigenvalue weighted by Crippen LogP contribution is -2.23. The number of rotatable bonds is 3. The summed E-state index contributed by atoms with van der Waals surface area (Å²) in [5, 5.41) is 2.76. The highest BCUT2D eigenvalue weighted by atomic mass is 79.9. The monoisotopic (exact) mass is 357 g/mol. The van der Waals surface area contributed by atoms with E-state index in [1.807, 2.05) is 43.3 Å². The number of pyridine rings is 1. The summed E-state index contributed by atoms with van der Waals surface area (Å²) in [6.07, 6.45) is 3.16. The molecule has 5 heteroatoms. The van der Waals surface area contributed by atoms with Crippen LogP contribution in [-0.4, -0.2) is 31.5 Å². The zero-order valence-electron chi connectivity index (χ0n) is 12.4. The molecule has 0 spiro atoms. The fourth-order valence-electron chi connectivity index (χ4n) is 1.87. The van der Waals surface area contributed by atoms with Gasteiger partial charge >= 0.3 is 0 Å². The van der Waals surface area contributed by atoms with Crippen LogP contribution in [-0.2, 0) is 0 Å². The molecule has 0 atom stereocenters. The molecule has 0 radical (unpaired) electrons. The van der Waals surface area contributed by atoms with Gasteiger partial charge in [0, 0.05) is 36.5 Å². The number of hydrogen-bond acceptors (Lipinski definition) is 3. The summed E-state index contributed by atoms with van der Waals surface area (Å²) >= 11 is 3.29. The second-order valence-corrected chi connectivity index (χ2v) is 5.70. The topological polar surface area (TPSA) is 45.2 Å². The minimum Gasteiger partial charge on any atom is -0.377 e. The molecule has 112 valence electrons. The average Bonchev–Trinajstić information content (AvgIpc) is 2.51. The molecule has 0 bridgehead atoms. The molecule has 22 heavy (non-hydrogen) atoms. The van der Waals surface area contributed by atoms with Gasteiger partial charge in [-0.3, -0.25) is 9.78 Å². The van der Waals surface area contributed by atoms with Crippen molar-refractivity contribution in [2.75, 3.05) is 25.5 Å². The molecule has 1 N–H and O–H groups in total. The van der Waals surface area contributed by atoms with Crippen molar-refractivity contribution in [3.05, 3.63) is 58.3 Å². The molecule has 0 fully saturated rings. The Balaban J connectivity index is 1.99. The van der Waals surface area contributed by atoms with E-state index in [0.29, 0.717) is 5.56 Å². The summed E-state index contributed by atoms with van der Waals surface area (Å²) < 4.78 is 0.770. The predicted octanol–water partition coefficient (Wildman–Crippen LogP) is 2.69. The Morgan fingerprint density at radius 1 is 1.32 bits per heavy atom. The standard InChI is InChI=1S/C17H16BrN3O/c1-21(2)16-8-4-3-6-13(16)7-5-9-20-17(22)14-10-15(18)12-19-11-14/h3-4,6,8,10-12H,9H2,1-2H3,(H,20,22). The number of amides is 1. The van der Waals surface area contributed by atoms with Gasteiger partial charge in [0.25, 0.3) is 5.91 Å². The third-order valence-corrected chi connectivity index (χ3v) is 3.35. The van der Waals surface area contributed by atoms with E-state index in [1.165, 1.54) is 6.20 Å². The van der Waals surface area contributed by atoms with Crippen LogP contribution in [0.3, 0.4) is 0 Å². The van der Waals surface area contributed by atoms with Gasteiger partial charge < -0.3 is 10.2 Å². The number of halogens is 1. The van der Waals surface area contributed by atoms with Crippen LogP contribution in [0.1, 0.15) is 15.9 Å². The number of carbonyl (C=O) groups excluding carboxylic acids is 1. The van der Waals surface area contributed by atoms with Crippen molar-refractivity contribution in [3.63, 3.8) is 0 Å². The fraction of sp³-hybridized carbons (Fsp3) is 0.176. The van der Waals surface area contributed by atoms with Gasteiger partial charge in [0.05, 0.1) is 17.8 Å². The highest BCUT2D eigenvalue weighted by Gasteiger charge is 2.04. The summed E-state index contributed by atoms with van der Waals surface area (Å²) in [4.78, 5) is 17.9. The van der Waals surface area contributed by atoms with Crippen LogP contribution in [0.2, 0.25) is 0 Å². The number of nitrogens with zero attached hydrogens (tertiary/aromatic N) is 2. The van der Waals surface area contributed by atoms with Crippen molar-refractivity contribution in [2.24, 2.45) is 0 Å². The maximum Gasteiger partial charge on any atom is 0.253 e. The number of benzene rings is 1. The Morgan fingerprint density at radius 2 is 2.09 bits per heavy atom. The third-order valence-electron chi connectivity index (χ3n) is 2.91. The van der Waals surface area contributed by atoms with Crippen molar-refractivity contribution in [1.82, 2.24) is 10.3 Å². The molecule has 0 aliphatic carbocycles. The lowest BCUT2D eigenvalue weighted by atomic mass is 10.1. The Labute approximate surface area is 138 Å². The van der Waals surface area contributed by atoms with Crippen LogP contribution in [0.25, 0.3) is 0 Å². The molecule has 1 aromatic carbocycles. The van der Waals surface area contributed by atoms with E-state index in [0.717, 1.165) is 15.7 Å². The fourth-order valence-corrected chi connectivity index (χ4v) is 2.24. The van der Waals surface area contributed by atoms with Crippen molar-refractivity contribution < 1.29 is 4.79 Å². The van der Waals surface area contributed by atoms with Crippen LogP contribution in [0.5, 0.6) is 0 Å². The van der Waals surface area contributed by atoms with Gasteiger partial charge in [0.2, 0.25) is 0 Å². The molecule has 0 unspecified atom stereocenters. The number of para-hydroxylation sites is 1. The van der Waals surface area contributed by atoms with E-state index in [1.54, 1.807) is 12.3 Å². The van der Waals surface area contributed by atoms with E-state index in [-0.39, 0.29) is 12.5 Å². The van der Waals surface area contributed by atoms with E-state index >= 15 is 0 Å². The van der Waals surface area contributed by atoms with Gasteiger partial charge in [-0.15, -0.1) is 0 Å². The summed E-state index contributed by atoms with van der Waals surface area (Å²) in [7, 11) is 3.95. The first-order chi connectivity index (χ1) is 10.6. The zero-order chi connectivity index (χ0) is 15.9. The summed E-state index contributed by atoms with van der Waals surface area (Å²) in [6, 6.07) is 9.61. The number of nitrogens with one attached hydrogen (secondary N) is 1. The van der Waals surface area contributed by atoms with Crippen molar-refractivity contribution in [3.8, 4) is 11.8 Å². The number of anilines is 1. The first-order valence-electron chi connectivity index (χ1n) is 6.72. The first-order valence-corrected chi connectivity index (χ1v) is 7.51. The molecule has 2 aromatic rings. The number of carbonyl (C=O) groups is 1. The Kier molecular flexibility index (Phi) is 5.56. The minimum atomic E-state index is -0.191. The van der Waals surface area contributed by atoms with Crippen LogP contribution in [0.15, 0.2) is 47.2 Å². The predicted molar refractivity (Wildman–Crippen MR) is 91.9 cm³/mol. The van der Waals surface area contributed by atoms with Crippen LogP contribution >= 0.6 is 15.9 Å². The highest BCUT2D eigenvalue weighted by molar-refractivity contribution is 9.10. The van der Waals surface area contributed by atoms with Crippen molar-refractivity contribution in [1.29, 1.82) is 0 Å². The summed E-state index contributed by atoms with van der Waals surface area (Å²) in [5.74, 6) is 5.86. The second-order valence-electron chi connectivity index (χ2n) is 4.79. The summed E-state index contributed by atoms with van der Waals surface area (Å²) in [5.41, 5.74) is 2.49. The molecule has 2 rings (SSSR count). The van der Waals surface area contributed by atoms with Crippen LogP contribution in [0.4, 0.5) is 5.69 Å². The first kappa shape index (κ1) is 16.1.